The molecule has 0 aliphatic carbocycles. The largest absolute Gasteiger partial charge is 0.369 e. The Morgan fingerprint density at radius 2 is 1.88 bits per heavy atom. The molecule has 0 saturated carbocycles. The number of H-pyrrole nitrogens is 1. The number of rotatable bonds is 6. The predicted octanol–water partition coefficient (Wildman–Crippen LogP) is 2.65. The molecule has 0 aromatic carbocycles. The summed E-state index contributed by atoms with van der Waals surface area (Å²) in [5.41, 5.74) is 12.6. The summed E-state index contributed by atoms with van der Waals surface area (Å²) >= 11 is 0. The van der Waals surface area contributed by atoms with Crippen molar-refractivity contribution in [3.63, 3.8) is 0 Å². The van der Waals surface area contributed by atoms with Crippen LogP contribution in [0.2, 0.25) is 0 Å². The first-order chi connectivity index (χ1) is 15.4. The fourth-order valence-electron chi connectivity index (χ4n) is 3.94. The summed E-state index contributed by atoms with van der Waals surface area (Å²) in [7, 11) is 0. The van der Waals surface area contributed by atoms with Crippen molar-refractivity contribution in [3.8, 4) is 0 Å². The van der Waals surface area contributed by atoms with Crippen LogP contribution in [-0.2, 0) is 20.8 Å². The van der Waals surface area contributed by atoms with E-state index in [1.165, 1.54) is 0 Å². The van der Waals surface area contributed by atoms with Crippen LogP contribution in [0.4, 0.5) is 0 Å². The molecule has 0 radical (unpaired) electrons. The summed E-state index contributed by atoms with van der Waals surface area (Å²) in [6.45, 7) is 14.4. The molecule has 2 aliphatic rings. The number of nitrogens with two attached hydrogens (primary N) is 2. The van der Waals surface area contributed by atoms with Crippen LogP contribution in [-0.4, -0.2) is 52.8 Å². The molecule has 2 saturated heterocycles. The van der Waals surface area contributed by atoms with Gasteiger partial charge < -0.3 is 26.7 Å². The van der Waals surface area contributed by atoms with E-state index in [-0.39, 0.29) is 30.4 Å². The molecule has 8 nitrogen and oxygen atoms in total. The van der Waals surface area contributed by atoms with Gasteiger partial charge in [-0.3, -0.25) is 14.4 Å². The number of hydrogen-bond acceptors (Lipinski definition) is 4. The minimum absolute atomic E-state index is 0.00448. The van der Waals surface area contributed by atoms with E-state index < -0.39 is 5.91 Å². The summed E-state index contributed by atoms with van der Waals surface area (Å²) in [5, 5.41) is 3.01. The Bertz CT molecular complexity index is 729. The lowest BCUT2D eigenvalue weighted by atomic mass is 10.0. The summed E-state index contributed by atoms with van der Waals surface area (Å²) in [5.74, 6) is -0.325. The summed E-state index contributed by atoms with van der Waals surface area (Å²) in [6.07, 6.45) is 8.93. The average molecular weight is 450 g/mol. The highest BCUT2D eigenvalue weighted by Gasteiger charge is 2.42. The van der Waals surface area contributed by atoms with Crippen molar-refractivity contribution >= 4 is 23.8 Å². The summed E-state index contributed by atoms with van der Waals surface area (Å²) in [4.78, 5) is 39.1. The summed E-state index contributed by atoms with van der Waals surface area (Å²) in [6, 6.07) is 0.0197. The molecule has 3 amide bonds. The number of carbonyl (C=O) groups is 3. The Balaban J connectivity index is 0.000000928. The first-order valence-corrected chi connectivity index (χ1v) is 11.8. The maximum atomic E-state index is 12.5. The highest BCUT2D eigenvalue weighted by Crippen LogP contribution is 2.32. The Morgan fingerprint density at radius 1 is 1.25 bits per heavy atom. The smallest absolute Gasteiger partial charge is 0.242 e. The van der Waals surface area contributed by atoms with Crippen LogP contribution < -0.4 is 16.8 Å². The zero-order valence-corrected chi connectivity index (χ0v) is 20.5. The van der Waals surface area contributed by atoms with Crippen LogP contribution in [0.3, 0.4) is 0 Å². The zero-order valence-electron chi connectivity index (χ0n) is 20.5. The van der Waals surface area contributed by atoms with E-state index in [0.29, 0.717) is 13.0 Å². The molecular formula is C24H43N5O3. The van der Waals surface area contributed by atoms with Crippen molar-refractivity contribution in [1.82, 2.24) is 15.2 Å². The van der Waals surface area contributed by atoms with Gasteiger partial charge in [0.15, 0.2) is 0 Å². The van der Waals surface area contributed by atoms with Crippen LogP contribution in [0.15, 0.2) is 12.8 Å². The molecule has 0 spiro atoms. The second-order valence-electron chi connectivity index (χ2n) is 7.21. The number of fused-ring (bicyclic) bond motifs is 1. The van der Waals surface area contributed by atoms with E-state index in [4.69, 9.17) is 5.73 Å². The van der Waals surface area contributed by atoms with Gasteiger partial charge in [-0.15, -0.1) is 0 Å². The quantitative estimate of drug-likeness (QED) is 0.531. The Hall–Kier alpha value is -2.61. The van der Waals surface area contributed by atoms with Gasteiger partial charge in [-0.25, -0.2) is 0 Å². The average Bonchev–Trinajstić information content (AvgIpc) is 3.41. The van der Waals surface area contributed by atoms with Crippen molar-refractivity contribution in [2.24, 2.45) is 11.5 Å². The molecule has 2 aliphatic heterocycles. The van der Waals surface area contributed by atoms with Crippen LogP contribution in [0.1, 0.15) is 76.6 Å². The standard InChI is InChI=1S/C18H25N3O2.C2H6N2O.2C2H6/c1-3-15-12(2)20-11-13(15)9-10-19-18(23)16-8-7-14-5-4-6-17(22)21(14)16;3-1-2(4)5;2*1-2/h3,11,14,16,20H,1,4-10H2,2H3,(H,19,23);1,3H2,(H2,4,5);2*1-2H3/t14-,16-;;;/m0.../s1. The lowest BCUT2D eigenvalue weighted by Crippen LogP contribution is -2.50. The van der Waals surface area contributed by atoms with Gasteiger partial charge in [-0.1, -0.05) is 40.3 Å². The Morgan fingerprint density at radius 3 is 2.44 bits per heavy atom. The third kappa shape index (κ3) is 8.49. The van der Waals surface area contributed by atoms with E-state index in [1.54, 1.807) is 0 Å². The van der Waals surface area contributed by atoms with Crippen LogP contribution in [0.5, 0.6) is 0 Å². The highest BCUT2D eigenvalue weighted by molar-refractivity contribution is 5.88. The monoisotopic (exact) mass is 449 g/mol. The van der Waals surface area contributed by atoms with Gasteiger partial charge in [0.2, 0.25) is 17.7 Å². The molecule has 1 aromatic rings. The number of aromatic nitrogens is 1. The summed E-state index contributed by atoms with van der Waals surface area (Å²) < 4.78 is 0. The van der Waals surface area contributed by atoms with E-state index >= 15 is 0 Å². The van der Waals surface area contributed by atoms with Crippen molar-refractivity contribution in [3.05, 3.63) is 29.6 Å². The molecular weight excluding hydrogens is 406 g/mol. The van der Waals surface area contributed by atoms with E-state index in [1.807, 2.05) is 51.8 Å². The van der Waals surface area contributed by atoms with Gasteiger partial charge in [0.05, 0.1) is 6.54 Å². The number of nitrogens with one attached hydrogen (secondary N) is 2. The van der Waals surface area contributed by atoms with Gasteiger partial charge in [0.25, 0.3) is 0 Å². The van der Waals surface area contributed by atoms with Gasteiger partial charge in [-0.2, -0.15) is 0 Å². The zero-order chi connectivity index (χ0) is 24.7. The molecule has 182 valence electrons. The molecule has 0 bridgehead atoms. The first kappa shape index (κ1) is 29.4. The van der Waals surface area contributed by atoms with Gasteiger partial charge in [0, 0.05) is 30.9 Å². The molecule has 0 unspecified atom stereocenters. The van der Waals surface area contributed by atoms with Gasteiger partial charge in [-0.05, 0) is 50.2 Å². The number of carbonyl (C=O) groups excluding carboxylic acids is 3. The second kappa shape index (κ2) is 16.1. The number of amides is 3. The number of hydrogen-bond donors (Lipinski definition) is 4. The lowest BCUT2D eigenvalue weighted by Gasteiger charge is -2.33. The van der Waals surface area contributed by atoms with Crippen molar-refractivity contribution in [2.45, 2.75) is 85.2 Å². The van der Waals surface area contributed by atoms with Crippen LogP contribution >= 0.6 is 0 Å². The molecule has 3 rings (SSSR count). The normalized spacial score (nSPS) is 18.6. The van der Waals surface area contributed by atoms with Crippen molar-refractivity contribution in [2.75, 3.05) is 13.1 Å². The molecule has 32 heavy (non-hydrogen) atoms. The lowest BCUT2D eigenvalue weighted by molar-refractivity contribution is -0.142. The SMILES string of the molecule is C=Cc1c(CCNC(=O)[C@@H]2CC[C@@H]3CCCC(=O)N32)c[nH]c1C.CC.CC.NCC(N)=O. The minimum atomic E-state index is -0.468. The Kier molecular flexibility index (Phi) is 14.8. The van der Waals surface area contributed by atoms with E-state index in [2.05, 4.69) is 22.6 Å². The molecule has 8 heteroatoms. The number of primary amides is 1. The highest BCUT2D eigenvalue weighted by atomic mass is 16.2. The van der Waals surface area contributed by atoms with E-state index in [0.717, 1.165) is 48.9 Å². The Labute approximate surface area is 193 Å². The number of aryl methyl sites for hydroxylation is 1. The van der Waals surface area contributed by atoms with Crippen LogP contribution in [0.25, 0.3) is 6.08 Å². The van der Waals surface area contributed by atoms with Crippen molar-refractivity contribution in [1.29, 1.82) is 0 Å². The minimum Gasteiger partial charge on any atom is -0.369 e. The first-order valence-electron chi connectivity index (χ1n) is 11.8. The van der Waals surface area contributed by atoms with E-state index in [9.17, 15) is 14.4 Å². The number of aromatic amines is 1. The second-order valence-corrected chi connectivity index (χ2v) is 7.21. The maximum Gasteiger partial charge on any atom is 0.242 e. The third-order valence-corrected chi connectivity index (χ3v) is 5.33. The topological polar surface area (TPSA) is 134 Å². The van der Waals surface area contributed by atoms with Crippen LogP contribution in [0, 0.1) is 6.92 Å². The molecule has 6 N–H and O–H groups in total. The van der Waals surface area contributed by atoms with Gasteiger partial charge in [0.1, 0.15) is 6.04 Å². The molecule has 2 atom stereocenters. The third-order valence-electron chi connectivity index (χ3n) is 5.33. The van der Waals surface area contributed by atoms with Gasteiger partial charge >= 0.3 is 0 Å². The maximum absolute atomic E-state index is 12.5. The number of nitrogens with zero attached hydrogens (tertiary/aromatic N) is 1. The molecule has 2 fully saturated rings. The molecule has 1 aromatic heterocycles. The number of piperidine rings is 1. The fraction of sp³-hybridized carbons (Fsp3) is 0.625. The fourth-order valence-corrected chi connectivity index (χ4v) is 3.94. The van der Waals surface area contributed by atoms with Crippen molar-refractivity contribution < 1.29 is 14.4 Å². The predicted molar refractivity (Wildman–Crippen MR) is 131 cm³/mol. The molecule has 3 heterocycles.